The number of carbonyl (C=O) groups is 1. The lowest BCUT2D eigenvalue weighted by atomic mass is 9.33. The fourth-order valence-corrected chi connectivity index (χ4v) is 17.6. The summed E-state index contributed by atoms with van der Waals surface area (Å²) in [5.41, 5.74) is 4.88. The zero-order chi connectivity index (χ0) is 37.9. The second kappa shape index (κ2) is 12.8. The monoisotopic (exact) mass is 746 g/mol. The number of sulfone groups is 1. The van der Waals surface area contributed by atoms with Crippen LogP contribution in [0.5, 0.6) is 0 Å². The third-order valence-corrected chi connectivity index (χ3v) is 20.3. The van der Waals surface area contributed by atoms with E-state index in [1.807, 2.05) is 12.1 Å². The van der Waals surface area contributed by atoms with E-state index in [4.69, 9.17) is 0 Å². The van der Waals surface area contributed by atoms with Gasteiger partial charge < -0.3 is 10.2 Å². The first-order valence-corrected chi connectivity index (χ1v) is 22.7. The SMILES string of the molecule is C=C(C)[C@@H]1CC[C@]2(N(CCO)CCN3CC4CC3CS4(=O)=O)CC[C@]3(C)[C@H](CCC4[C@@]5(C)CC=C(c6ccc(C(=O)O)cc6)C(C)(C)C5CC[C@]43C)C12. The zero-order valence-electron chi connectivity index (χ0n) is 33.4. The summed E-state index contributed by atoms with van der Waals surface area (Å²) in [5, 5.41) is 19.9. The average Bonchev–Trinajstić information content (AvgIpc) is 3.77. The van der Waals surface area contributed by atoms with Gasteiger partial charge in [0.15, 0.2) is 9.84 Å². The molecule has 0 aromatic heterocycles. The minimum absolute atomic E-state index is 0.0150. The number of rotatable bonds is 9. The Hall–Kier alpha value is -2.00. The van der Waals surface area contributed by atoms with Crippen molar-refractivity contribution in [2.24, 2.45) is 51.2 Å². The molecule has 4 saturated carbocycles. The molecule has 1 aromatic carbocycles. The molecule has 8 rings (SSSR count). The predicted octanol–water partition coefficient (Wildman–Crippen LogP) is 7.95. The molecule has 292 valence electrons. The first-order valence-electron chi connectivity index (χ1n) is 20.9. The van der Waals surface area contributed by atoms with Crippen molar-refractivity contribution >= 4 is 21.4 Å². The molecule has 11 atom stereocenters. The minimum atomic E-state index is -2.92. The third-order valence-electron chi connectivity index (χ3n) is 18.1. The number of carboxylic acid groups (broad SMARTS) is 1. The van der Waals surface area contributed by atoms with E-state index in [9.17, 15) is 23.4 Å². The van der Waals surface area contributed by atoms with E-state index in [2.05, 4.69) is 64.0 Å². The first kappa shape index (κ1) is 37.9. The second-order valence-electron chi connectivity index (χ2n) is 20.3. The fourth-order valence-electron chi connectivity index (χ4n) is 15.5. The van der Waals surface area contributed by atoms with Gasteiger partial charge in [-0.3, -0.25) is 9.80 Å². The molecule has 7 aliphatic rings. The van der Waals surface area contributed by atoms with E-state index in [1.165, 1.54) is 56.1 Å². The number of carboxylic acids is 1. The lowest BCUT2D eigenvalue weighted by Gasteiger charge is -2.73. The van der Waals surface area contributed by atoms with E-state index < -0.39 is 15.8 Å². The summed E-state index contributed by atoms with van der Waals surface area (Å²) in [6.45, 7) is 23.1. The van der Waals surface area contributed by atoms with Crippen molar-refractivity contribution in [1.29, 1.82) is 0 Å². The number of aliphatic hydroxyl groups excluding tert-OH is 1. The van der Waals surface area contributed by atoms with Crippen LogP contribution < -0.4 is 0 Å². The molecule has 2 N–H and O–H groups in total. The molecule has 5 aliphatic carbocycles. The number of benzene rings is 1. The molecule has 2 aliphatic heterocycles. The van der Waals surface area contributed by atoms with Crippen molar-refractivity contribution in [3.8, 4) is 0 Å². The van der Waals surface area contributed by atoms with Gasteiger partial charge in [0.25, 0.3) is 0 Å². The Morgan fingerprint density at radius 2 is 1.68 bits per heavy atom. The number of fused-ring (bicyclic) bond motifs is 9. The van der Waals surface area contributed by atoms with Crippen molar-refractivity contribution in [1.82, 2.24) is 9.80 Å². The zero-order valence-corrected chi connectivity index (χ0v) is 34.2. The smallest absolute Gasteiger partial charge is 0.335 e. The summed E-state index contributed by atoms with van der Waals surface area (Å²) in [4.78, 5) is 16.7. The highest BCUT2D eigenvalue weighted by atomic mass is 32.2. The maximum atomic E-state index is 12.5. The number of nitrogens with zero attached hydrogens (tertiary/aromatic N) is 2. The van der Waals surface area contributed by atoms with Crippen molar-refractivity contribution in [3.05, 3.63) is 53.6 Å². The molecule has 0 amide bonds. The first-order chi connectivity index (χ1) is 24.9. The molecular formula is C45H66N2O5S. The van der Waals surface area contributed by atoms with Crippen LogP contribution in [0.15, 0.2) is 42.5 Å². The molecule has 2 saturated heterocycles. The molecule has 2 heterocycles. The van der Waals surface area contributed by atoms with Gasteiger partial charge in [-0.1, -0.05) is 65.0 Å². The minimum Gasteiger partial charge on any atom is -0.478 e. The summed E-state index contributed by atoms with van der Waals surface area (Å²) in [6, 6.07) is 7.73. The van der Waals surface area contributed by atoms with Gasteiger partial charge >= 0.3 is 5.97 Å². The Morgan fingerprint density at radius 3 is 2.30 bits per heavy atom. The highest BCUT2D eigenvalue weighted by Crippen LogP contribution is 2.77. The maximum absolute atomic E-state index is 12.5. The Kier molecular flexibility index (Phi) is 9.12. The van der Waals surface area contributed by atoms with E-state index in [0.717, 1.165) is 37.9 Å². The normalized spacial score (nSPS) is 43.8. The molecule has 2 bridgehead atoms. The third kappa shape index (κ3) is 5.40. The molecule has 8 heteroatoms. The summed E-state index contributed by atoms with van der Waals surface area (Å²) in [5.74, 6) is 2.25. The van der Waals surface area contributed by atoms with Crippen LogP contribution in [0.4, 0.5) is 0 Å². The van der Waals surface area contributed by atoms with Crippen LogP contribution in [0, 0.1) is 51.2 Å². The summed E-state index contributed by atoms with van der Waals surface area (Å²) < 4.78 is 25.1. The van der Waals surface area contributed by atoms with Gasteiger partial charge in [0.1, 0.15) is 0 Å². The van der Waals surface area contributed by atoms with Gasteiger partial charge in [-0.05, 0) is 146 Å². The second-order valence-corrected chi connectivity index (χ2v) is 22.6. The van der Waals surface area contributed by atoms with Crippen LogP contribution in [0.25, 0.3) is 5.57 Å². The quantitative estimate of drug-likeness (QED) is 0.248. The molecular weight excluding hydrogens is 681 g/mol. The Morgan fingerprint density at radius 1 is 0.943 bits per heavy atom. The van der Waals surface area contributed by atoms with Crippen molar-refractivity contribution < 1.29 is 23.4 Å². The lowest BCUT2D eigenvalue weighted by molar-refractivity contribution is -0.228. The van der Waals surface area contributed by atoms with Gasteiger partial charge in [-0.15, -0.1) is 0 Å². The number of hydrogen-bond donors (Lipinski definition) is 2. The number of aliphatic hydroxyl groups is 1. The number of allylic oxidation sites excluding steroid dienone is 3. The Labute approximate surface area is 319 Å². The van der Waals surface area contributed by atoms with Crippen LogP contribution in [-0.2, 0) is 9.84 Å². The van der Waals surface area contributed by atoms with E-state index >= 15 is 0 Å². The average molecular weight is 747 g/mol. The van der Waals surface area contributed by atoms with E-state index in [0.29, 0.717) is 54.0 Å². The number of aromatic carboxylic acids is 1. The van der Waals surface area contributed by atoms with Crippen LogP contribution in [0.1, 0.15) is 122 Å². The van der Waals surface area contributed by atoms with Crippen LogP contribution in [0.3, 0.4) is 0 Å². The predicted molar refractivity (Wildman–Crippen MR) is 212 cm³/mol. The maximum Gasteiger partial charge on any atom is 0.335 e. The summed E-state index contributed by atoms with van der Waals surface area (Å²) in [6.07, 6.45) is 14.1. The number of hydrogen-bond acceptors (Lipinski definition) is 6. The summed E-state index contributed by atoms with van der Waals surface area (Å²) >= 11 is 0. The van der Waals surface area contributed by atoms with Crippen LogP contribution >= 0.6 is 0 Å². The van der Waals surface area contributed by atoms with Gasteiger partial charge in [0, 0.05) is 37.8 Å². The molecule has 0 radical (unpaired) electrons. The highest BCUT2D eigenvalue weighted by molar-refractivity contribution is 7.92. The molecule has 7 nitrogen and oxygen atoms in total. The van der Waals surface area contributed by atoms with Crippen LogP contribution in [0.2, 0.25) is 0 Å². The van der Waals surface area contributed by atoms with Gasteiger partial charge in [-0.2, -0.15) is 0 Å². The van der Waals surface area contributed by atoms with Crippen molar-refractivity contribution in [2.45, 2.75) is 123 Å². The highest BCUT2D eigenvalue weighted by Gasteiger charge is 2.71. The van der Waals surface area contributed by atoms with Crippen LogP contribution in [-0.4, -0.2) is 89.8 Å². The molecule has 53 heavy (non-hydrogen) atoms. The van der Waals surface area contributed by atoms with E-state index in [1.54, 1.807) is 12.1 Å². The van der Waals surface area contributed by atoms with Crippen molar-refractivity contribution in [2.75, 3.05) is 38.5 Å². The number of β-amino-alcohol motifs (C(OH)–C–C–N with tert-alkyl or cyclic N) is 1. The molecule has 0 spiro atoms. The summed E-state index contributed by atoms with van der Waals surface area (Å²) in [7, 11) is -2.92. The standard InChI is InChI=1S/C45H66N2O5S/c1-29(2)34-14-19-45(47(24-25-48)23-22-46-27-33-26-32(46)28-53(33,51)52)21-20-43(6)36(39(34)45)12-13-38-42(5)17-15-35(30-8-10-31(11-9-30)40(49)50)41(3,4)37(42)16-18-44(38,43)7/h8-11,15,32-34,36-39,48H,1,12-14,16-28H2,2-7H3,(H,49,50)/t32?,33?,34-,36+,37?,38?,39?,42-,43+,44+,45-/m0/s1. The van der Waals surface area contributed by atoms with Gasteiger partial charge in [-0.25, -0.2) is 13.2 Å². The van der Waals surface area contributed by atoms with E-state index in [-0.39, 0.29) is 45.1 Å². The molecule has 1 aromatic rings. The largest absolute Gasteiger partial charge is 0.478 e. The topological polar surface area (TPSA) is 98.2 Å². The number of likely N-dealkylation sites (tertiary alicyclic amines) is 1. The Balaban J connectivity index is 1.09. The lowest BCUT2D eigenvalue weighted by Crippen LogP contribution is -2.68. The molecule has 5 unspecified atom stereocenters. The van der Waals surface area contributed by atoms with Gasteiger partial charge in [0.05, 0.1) is 23.2 Å². The Bertz CT molecular complexity index is 1790. The molecule has 6 fully saturated rings. The van der Waals surface area contributed by atoms with Crippen molar-refractivity contribution in [3.63, 3.8) is 0 Å². The van der Waals surface area contributed by atoms with Gasteiger partial charge in [0.2, 0.25) is 0 Å². The fraction of sp³-hybridized carbons (Fsp3) is 0.756.